The quantitative estimate of drug-likeness (QED) is 0.852. The minimum atomic E-state index is -0.748. The molecular formula is C12H13F2NO2. The molecule has 0 bridgehead atoms. The normalized spacial score (nSPS) is 36.1. The maximum atomic E-state index is 13.9. The Morgan fingerprint density at radius 1 is 1.41 bits per heavy atom. The first-order valence-electron chi connectivity index (χ1n) is 5.59. The number of hydrogen-bond acceptors (Lipinski definition) is 3. The highest BCUT2D eigenvalue weighted by atomic mass is 19.1. The first-order valence-corrected chi connectivity index (χ1v) is 5.59. The van der Waals surface area contributed by atoms with Gasteiger partial charge in [-0.2, -0.15) is 5.48 Å². The maximum absolute atomic E-state index is 13.9. The smallest absolute Gasteiger partial charge is 0.128 e. The van der Waals surface area contributed by atoms with Gasteiger partial charge in [-0.25, -0.2) is 8.78 Å². The lowest BCUT2D eigenvalue weighted by Crippen LogP contribution is -2.43. The molecule has 0 saturated carbocycles. The van der Waals surface area contributed by atoms with Crippen molar-refractivity contribution in [1.82, 2.24) is 5.48 Å². The van der Waals surface area contributed by atoms with Crippen molar-refractivity contribution < 1.29 is 18.4 Å². The Bertz CT molecular complexity index is 429. The monoisotopic (exact) mass is 241 g/mol. The van der Waals surface area contributed by atoms with E-state index in [4.69, 9.17) is 9.57 Å². The zero-order valence-corrected chi connectivity index (χ0v) is 9.16. The predicted octanol–water partition coefficient (Wildman–Crippen LogP) is 1.54. The Kier molecular flexibility index (Phi) is 2.61. The van der Waals surface area contributed by atoms with Crippen LogP contribution in [0.15, 0.2) is 24.3 Å². The maximum Gasteiger partial charge on any atom is 0.128 e. The fourth-order valence-corrected chi connectivity index (χ4v) is 2.70. The number of alkyl halides is 1. The van der Waals surface area contributed by atoms with Crippen molar-refractivity contribution in [1.29, 1.82) is 0 Å². The molecule has 1 aromatic rings. The van der Waals surface area contributed by atoms with E-state index < -0.39 is 18.3 Å². The molecule has 3 atom stereocenters. The molecule has 1 N–H and O–H groups in total. The Hall–Kier alpha value is -1.04. The largest absolute Gasteiger partial charge is 0.373 e. The third-order valence-electron chi connectivity index (χ3n) is 3.63. The van der Waals surface area contributed by atoms with Crippen LogP contribution in [0.5, 0.6) is 0 Å². The molecule has 2 heterocycles. The number of nitrogens with one attached hydrogen (secondary N) is 1. The van der Waals surface area contributed by atoms with Crippen LogP contribution in [0.3, 0.4) is 0 Å². The Morgan fingerprint density at radius 2 is 2.24 bits per heavy atom. The first kappa shape index (κ1) is 11.1. The van der Waals surface area contributed by atoms with Crippen LogP contribution in [-0.2, 0) is 15.1 Å². The van der Waals surface area contributed by atoms with Crippen LogP contribution < -0.4 is 5.48 Å². The summed E-state index contributed by atoms with van der Waals surface area (Å²) in [6.07, 6.45) is -0.524. The van der Waals surface area contributed by atoms with E-state index in [9.17, 15) is 8.78 Å². The van der Waals surface area contributed by atoms with Gasteiger partial charge in [0.1, 0.15) is 18.0 Å². The van der Waals surface area contributed by atoms with Crippen molar-refractivity contribution in [2.45, 2.75) is 11.6 Å². The molecule has 0 unspecified atom stereocenters. The Balaban J connectivity index is 2.04. The SMILES string of the molecule is FC[C@H]1OC[C@]2(c3ccccc3F)NOC[C@H]12. The molecule has 2 fully saturated rings. The van der Waals surface area contributed by atoms with E-state index in [-0.39, 0.29) is 18.3 Å². The van der Waals surface area contributed by atoms with Crippen LogP contribution in [0.4, 0.5) is 8.78 Å². The lowest BCUT2D eigenvalue weighted by molar-refractivity contribution is -0.00337. The number of fused-ring (bicyclic) bond motifs is 1. The van der Waals surface area contributed by atoms with E-state index in [1.807, 2.05) is 0 Å². The van der Waals surface area contributed by atoms with Crippen LogP contribution >= 0.6 is 0 Å². The number of ether oxygens (including phenoxy) is 1. The van der Waals surface area contributed by atoms with Gasteiger partial charge < -0.3 is 9.57 Å². The van der Waals surface area contributed by atoms with Gasteiger partial charge in [0.25, 0.3) is 0 Å². The van der Waals surface area contributed by atoms with E-state index in [0.29, 0.717) is 12.2 Å². The van der Waals surface area contributed by atoms with E-state index >= 15 is 0 Å². The molecule has 0 spiro atoms. The zero-order valence-electron chi connectivity index (χ0n) is 9.16. The van der Waals surface area contributed by atoms with Crippen LogP contribution in [0, 0.1) is 11.7 Å². The molecule has 3 nitrogen and oxygen atoms in total. The Morgan fingerprint density at radius 3 is 3.00 bits per heavy atom. The molecule has 92 valence electrons. The van der Waals surface area contributed by atoms with E-state index in [1.165, 1.54) is 6.07 Å². The van der Waals surface area contributed by atoms with Crippen LogP contribution in [0.1, 0.15) is 5.56 Å². The minimum absolute atomic E-state index is 0.190. The first-order chi connectivity index (χ1) is 8.28. The molecule has 0 radical (unpaired) electrons. The van der Waals surface area contributed by atoms with Gasteiger partial charge in [-0.05, 0) is 6.07 Å². The van der Waals surface area contributed by atoms with Crippen molar-refractivity contribution in [3.63, 3.8) is 0 Å². The molecule has 2 aliphatic heterocycles. The summed E-state index contributed by atoms with van der Waals surface area (Å²) in [5, 5.41) is 0. The molecule has 3 rings (SSSR count). The lowest BCUT2D eigenvalue weighted by atomic mass is 9.79. The summed E-state index contributed by atoms with van der Waals surface area (Å²) in [5.41, 5.74) is 2.56. The summed E-state index contributed by atoms with van der Waals surface area (Å²) in [6, 6.07) is 6.47. The molecule has 0 amide bonds. The van der Waals surface area contributed by atoms with Gasteiger partial charge in [0.15, 0.2) is 0 Å². The van der Waals surface area contributed by atoms with E-state index in [0.717, 1.165) is 0 Å². The molecule has 0 aliphatic carbocycles. The summed E-state index contributed by atoms with van der Waals surface area (Å²) in [4.78, 5) is 5.19. The fraction of sp³-hybridized carbons (Fsp3) is 0.500. The van der Waals surface area contributed by atoms with Gasteiger partial charge in [0.05, 0.1) is 19.3 Å². The number of rotatable bonds is 2. The molecular weight excluding hydrogens is 228 g/mol. The summed E-state index contributed by atoms with van der Waals surface area (Å²) < 4.78 is 32.1. The average Bonchev–Trinajstić information content (AvgIpc) is 2.88. The van der Waals surface area contributed by atoms with Gasteiger partial charge in [0.2, 0.25) is 0 Å². The third kappa shape index (κ3) is 1.50. The molecule has 2 aliphatic rings. The number of halogens is 2. The second-order valence-corrected chi connectivity index (χ2v) is 4.47. The van der Waals surface area contributed by atoms with Gasteiger partial charge in [-0.15, -0.1) is 0 Å². The van der Waals surface area contributed by atoms with Crippen LogP contribution in [-0.4, -0.2) is 26.0 Å². The topological polar surface area (TPSA) is 30.5 Å². The van der Waals surface area contributed by atoms with Crippen molar-refractivity contribution >= 4 is 0 Å². The highest BCUT2D eigenvalue weighted by molar-refractivity contribution is 5.30. The minimum Gasteiger partial charge on any atom is -0.373 e. The summed E-state index contributed by atoms with van der Waals surface area (Å²) >= 11 is 0. The van der Waals surface area contributed by atoms with Gasteiger partial charge in [-0.1, -0.05) is 18.2 Å². The summed E-state index contributed by atoms with van der Waals surface area (Å²) in [7, 11) is 0. The van der Waals surface area contributed by atoms with Crippen molar-refractivity contribution in [2.75, 3.05) is 19.9 Å². The van der Waals surface area contributed by atoms with Gasteiger partial charge >= 0.3 is 0 Å². The van der Waals surface area contributed by atoms with Gasteiger partial charge in [-0.3, -0.25) is 0 Å². The summed E-state index contributed by atoms with van der Waals surface area (Å²) in [6.45, 7) is -0.0119. The molecule has 0 aromatic heterocycles. The second kappa shape index (κ2) is 4.01. The van der Waals surface area contributed by atoms with Crippen LogP contribution in [0.2, 0.25) is 0 Å². The molecule has 17 heavy (non-hydrogen) atoms. The molecule has 2 saturated heterocycles. The highest BCUT2D eigenvalue weighted by Crippen LogP contribution is 2.43. The third-order valence-corrected chi connectivity index (χ3v) is 3.63. The van der Waals surface area contributed by atoms with Crippen LogP contribution in [0.25, 0.3) is 0 Å². The highest BCUT2D eigenvalue weighted by Gasteiger charge is 2.55. The lowest BCUT2D eigenvalue weighted by Gasteiger charge is -2.27. The second-order valence-electron chi connectivity index (χ2n) is 4.47. The van der Waals surface area contributed by atoms with Crippen molar-refractivity contribution in [3.05, 3.63) is 35.6 Å². The number of benzene rings is 1. The molecule has 5 heteroatoms. The summed E-state index contributed by atoms with van der Waals surface area (Å²) in [5.74, 6) is -0.511. The number of hydroxylamine groups is 1. The van der Waals surface area contributed by atoms with E-state index in [2.05, 4.69) is 5.48 Å². The fourth-order valence-electron chi connectivity index (χ4n) is 2.70. The van der Waals surface area contributed by atoms with Gasteiger partial charge in [0, 0.05) is 11.5 Å². The molecule has 1 aromatic carbocycles. The number of hydrogen-bond donors (Lipinski definition) is 1. The zero-order chi connectivity index (χ0) is 11.9. The average molecular weight is 241 g/mol. The van der Waals surface area contributed by atoms with E-state index in [1.54, 1.807) is 18.2 Å². The van der Waals surface area contributed by atoms with Crippen molar-refractivity contribution in [3.8, 4) is 0 Å². The Labute approximate surface area is 97.7 Å². The predicted molar refractivity (Wildman–Crippen MR) is 56.4 cm³/mol. The standard InChI is InChI=1S/C12H13F2NO2/c13-5-11-9-6-17-15-12(9,7-16-11)8-3-1-2-4-10(8)14/h1-4,9,11,15H,5-7H2/t9-,11-,12-/m1/s1. The van der Waals surface area contributed by atoms with Crippen molar-refractivity contribution in [2.24, 2.45) is 5.92 Å².